The SMILES string of the molecule is CCC(N)C(c1cccc(Cl)c1)N(C)Cc1cscn1. The molecule has 0 radical (unpaired) electrons. The molecule has 2 rings (SSSR count). The van der Waals surface area contributed by atoms with Crippen molar-refractivity contribution < 1.29 is 0 Å². The van der Waals surface area contributed by atoms with Crippen molar-refractivity contribution in [2.24, 2.45) is 5.73 Å². The van der Waals surface area contributed by atoms with E-state index in [-0.39, 0.29) is 12.1 Å². The molecule has 108 valence electrons. The molecule has 1 heterocycles. The number of hydrogen-bond acceptors (Lipinski definition) is 4. The standard InChI is InChI=1S/C15H20ClN3S/c1-3-14(17)15(11-5-4-6-12(16)7-11)19(2)8-13-9-20-10-18-13/h4-7,9-10,14-15H,3,8,17H2,1-2H3. The number of rotatable bonds is 6. The largest absolute Gasteiger partial charge is 0.326 e. The van der Waals surface area contributed by atoms with Crippen molar-refractivity contribution in [2.45, 2.75) is 32.0 Å². The van der Waals surface area contributed by atoms with E-state index < -0.39 is 0 Å². The lowest BCUT2D eigenvalue weighted by Gasteiger charge is -2.32. The van der Waals surface area contributed by atoms with E-state index in [1.807, 2.05) is 23.7 Å². The molecule has 0 saturated carbocycles. The quantitative estimate of drug-likeness (QED) is 0.884. The molecule has 2 N–H and O–H groups in total. The summed E-state index contributed by atoms with van der Waals surface area (Å²) in [5.74, 6) is 0. The molecule has 0 aliphatic heterocycles. The molecule has 2 unspecified atom stereocenters. The number of likely N-dealkylation sites (N-methyl/N-ethyl adjacent to an activating group) is 1. The Morgan fingerprint density at radius 3 is 2.85 bits per heavy atom. The average molecular weight is 310 g/mol. The van der Waals surface area contributed by atoms with Crippen molar-refractivity contribution in [1.29, 1.82) is 0 Å². The van der Waals surface area contributed by atoms with Crippen LogP contribution in [0.25, 0.3) is 0 Å². The van der Waals surface area contributed by atoms with Crippen LogP contribution in [-0.4, -0.2) is 23.0 Å². The van der Waals surface area contributed by atoms with E-state index in [0.29, 0.717) is 0 Å². The van der Waals surface area contributed by atoms with Crippen molar-refractivity contribution in [3.8, 4) is 0 Å². The van der Waals surface area contributed by atoms with Crippen LogP contribution >= 0.6 is 22.9 Å². The van der Waals surface area contributed by atoms with Gasteiger partial charge in [-0.2, -0.15) is 0 Å². The summed E-state index contributed by atoms with van der Waals surface area (Å²) in [5.41, 5.74) is 10.4. The summed E-state index contributed by atoms with van der Waals surface area (Å²) >= 11 is 7.73. The molecule has 3 nitrogen and oxygen atoms in total. The van der Waals surface area contributed by atoms with Gasteiger partial charge < -0.3 is 5.73 Å². The summed E-state index contributed by atoms with van der Waals surface area (Å²) in [4.78, 5) is 6.59. The highest BCUT2D eigenvalue weighted by Crippen LogP contribution is 2.27. The predicted molar refractivity (Wildman–Crippen MR) is 86.0 cm³/mol. The lowest BCUT2D eigenvalue weighted by atomic mass is 9.96. The third kappa shape index (κ3) is 3.79. The van der Waals surface area contributed by atoms with Crippen LogP contribution < -0.4 is 5.73 Å². The lowest BCUT2D eigenvalue weighted by molar-refractivity contribution is 0.200. The van der Waals surface area contributed by atoms with Gasteiger partial charge in [-0.25, -0.2) is 4.98 Å². The minimum atomic E-state index is 0.0668. The Morgan fingerprint density at radius 1 is 1.45 bits per heavy atom. The first-order chi connectivity index (χ1) is 9.61. The van der Waals surface area contributed by atoms with Gasteiger partial charge >= 0.3 is 0 Å². The first-order valence-electron chi connectivity index (χ1n) is 6.70. The summed E-state index contributed by atoms with van der Waals surface area (Å²) in [6.07, 6.45) is 0.915. The van der Waals surface area contributed by atoms with Crippen LogP contribution in [0.3, 0.4) is 0 Å². The normalized spacial score (nSPS) is 14.4. The molecular formula is C15H20ClN3S. The molecule has 5 heteroatoms. The number of aromatic nitrogens is 1. The van der Waals surface area contributed by atoms with Crippen molar-refractivity contribution >= 4 is 22.9 Å². The van der Waals surface area contributed by atoms with Crippen molar-refractivity contribution in [3.05, 3.63) is 51.4 Å². The Labute approximate surface area is 129 Å². The zero-order chi connectivity index (χ0) is 14.5. The highest BCUT2D eigenvalue weighted by atomic mass is 35.5. The lowest BCUT2D eigenvalue weighted by Crippen LogP contribution is -2.38. The number of nitrogens with zero attached hydrogens (tertiary/aromatic N) is 2. The van der Waals surface area contributed by atoms with Crippen LogP contribution in [-0.2, 0) is 6.54 Å². The fourth-order valence-electron chi connectivity index (χ4n) is 2.41. The number of nitrogens with two attached hydrogens (primary N) is 1. The van der Waals surface area contributed by atoms with Crippen molar-refractivity contribution in [3.63, 3.8) is 0 Å². The van der Waals surface area contributed by atoms with Gasteiger partial charge in [0.25, 0.3) is 0 Å². The van der Waals surface area contributed by atoms with Crippen LogP contribution in [0.2, 0.25) is 5.02 Å². The number of halogens is 1. The van der Waals surface area contributed by atoms with Gasteiger partial charge in [-0.05, 0) is 31.2 Å². The van der Waals surface area contributed by atoms with Gasteiger partial charge in [0.05, 0.1) is 17.2 Å². The second-order valence-electron chi connectivity index (χ2n) is 4.97. The molecule has 0 spiro atoms. The topological polar surface area (TPSA) is 42.1 Å². The summed E-state index contributed by atoms with van der Waals surface area (Å²) in [7, 11) is 2.08. The molecule has 2 atom stereocenters. The molecule has 0 amide bonds. The number of hydrogen-bond donors (Lipinski definition) is 1. The fourth-order valence-corrected chi connectivity index (χ4v) is 3.16. The number of thiazole rings is 1. The first kappa shape index (κ1) is 15.4. The smallest absolute Gasteiger partial charge is 0.0795 e. The van der Waals surface area contributed by atoms with Gasteiger partial charge in [0.2, 0.25) is 0 Å². The second-order valence-corrected chi connectivity index (χ2v) is 6.12. The zero-order valence-electron chi connectivity index (χ0n) is 11.8. The van der Waals surface area contributed by atoms with Gasteiger partial charge in [0, 0.05) is 23.0 Å². The monoisotopic (exact) mass is 309 g/mol. The highest BCUT2D eigenvalue weighted by Gasteiger charge is 2.23. The van der Waals surface area contributed by atoms with Gasteiger partial charge in [-0.1, -0.05) is 30.7 Å². The molecule has 0 fully saturated rings. The molecule has 0 aliphatic carbocycles. The molecular weight excluding hydrogens is 290 g/mol. The summed E-state index contributed by atoms with van der Waals surface area (Å²) in [5, 5.41) is 2.82. The first-order valence-corrected chi connectivity index (χ1v) is 8.02. The van der Waals surface area contributed by atoms with E-state index in [0.717, 1.165) is 29.2 Å². The van der Waals surface area contributed by atoms with Crippen molar-refractivity contribution in [1.82, 2.24) is 9.88 Å². The highest BCUT2D eigenvalue weighted by molar-refractivity contribution is 7.07. The van der Waals surface area contributed by atoms with Crippen LogP contribution in [0.15, 0.2) is 35.2 Å². The van der Waals surface area contributed by atoms with E-state index >= 15 is 0 Å². The molecule has 0 aliphatic rings. The molecule has 0 bridgehead atoms. The molecule has 1 aromatic heterocycles. The number of benzene rings is 1. The van der Waals surface area contributed by atoms with Gasteiger partial charge in [-0.15, -0.1) is 11.3 Å². The Kier molecular flexibility index (Phi) is 5.54. The van der Waals surface area contributed by atoms with E-state index in [2.05, 4.69) is 35.3 Å². The van der Waals surface area contributed by atoms with E-state index in [9.17, 15) is 0 Å². The minimum absolute atomic E-state index is 0.0668. The zero-order valence-corrected chi connectivity index (χ0v) is 13.4. The molecule has 0 saturated heterocycles. The van der Waals surface area contributed by atoms with E-state index in [1.54, 1.807) is 11.3 Å². The van der Waals surface area contributed by atoms with Gasteiger partial charge in [0.15, 0.2) is 0 Å². The maximum Gasteiger partial charge on any atom is 0.0795 e. The van der Waals surface area contributed by atoms with Crippen LogP contribution in [0, 0.1) is 0 Å². The Hall–Kier alpha value is -0.940. The predicted octanol–water partition coefficient (Wildman–Crippen LogP) is 3.71. The Balaban J connectivity index is 2.23. The molecule has 1 aromatic carbocycles. The summed E-state index contributed by atoms with van der Waals surface area (Å²) < 4.78 is 0. The maximum atomic E-state index is 6.33. The van der Waals surface area contributed by atoms with E-state index in [4.69, 9.17) is 17.3 Å². The van der Waals surface area contributed by atoms with Crippen molar-refractivity contribution in [2.75, 3.05) is 7.05 Å². The summed E-state index contributed by atoms with van der Waals surface area (Å²) in [6.45, 7) is 2.90. The maximum absolute atomic E-state index is 6.33. The fraction of sp³-hybridized carbons (Fsp3) is 0.400. The minimum Gasteiger partial charge on any atom is -0.326 e. The van der Waals surface area contributed by atoms with Crippen LogP contribution in [0.5, 0.6) is 0 Å². The summed E-state index contributed by atoms with van der Waals surface area (Å²) in [6, 6.07) is 8.16. The van der Waals surface area contributed by atoms with Gasteiger partial charge in [0.1, 0.15) is 0 Å². The molecule has 20 heavy (non-hydrogen) atoms. The molecule has 2 aromatic rings. The average Bonchev–Trinajstić information content (AvgIpc) is 2.91. The third-order valence-corrected chi connectivity index (χ3v) is 4.31. The van der Waals surface area contributed by atoms with Crippen LogP contribution in [0.4, 0.5) is 0 Å². The third-order valence-electron chi connectivity index (χ3n) is 3.44. The Bertz CT molecular complexity index is 530. The van der Waals surface area contributed by atoms with Crippen LogP contribution in [0.1, 0.15) is 30.6 Å². The van der Waals surface area contributed by atoms with E-state index in [1.165, 1.54) is 0 Å². The van der Waals surface area contributed by atoms with Gasteiger partial charge in [-0.3, -0.25) is 4.90 Å². The second kappa shape index (κ2) is 7.18. The Morgan fingerprint density at radius 2 is 2.25 bits per heavy atom.